The predicted octanol–water partition coefficient (Wildman–Crippen LogP) is 0.709. The molecule has 0 fully saturated rings. The standard InChI is InChI=1S/C14H18N6O/c1-21-8-4-10-19-12-13(20(10)7-5-15)11-9(18-14(12)16)3-2-6-17-11/h2-3,6H,4-5,7-8,15H2,1H3,(H2,16,18). The summed E-state index contributed by atoms with van der Waals surface area (Å²) in [5.41, 5.74) is 14.9. The van der Waals surface area contributed by atoms with E-state index in [1.807, 2.05) is 12.1 Å². The lowest BCUT2D eigenvalue weighted by Gasteiger charge is -2.08. The van der Waals surface area contributed by atoms with Crippen LogP contribution in [-0.2, 0) is 17.7 Å². The van der Waals surface area contributed by atoms with Gasteiger partial charge in [-0.25, -0.2) is 9.97 Å². The number of nitrogens with zero attached hydrogens (tertiary/aromatic N) is 4. The highest BCUT2D eigenvalue weighted by Gasteiger charge is 2.17. The zero-order valence-corrected chi connectivity index (χ0v) is 11.9. The Morgan fingerprint density at radius 1 is 1.29 bits per heavy atom. The van der Waals surface area contributed by atoms with Gasteiger partial charge in [0.05, 0.1) is 12.1 Å². The maximum absolute atomic E-state index is 6.05. The van der Waals surface area contributed by atoms with Gasteiger partial charge >= 0.3 is 0 Å². The van der Waals surface area contributed by atoms with Gasteiger partial charge in [0, 0.05) is 32.8 Å². The summed E-state index contributed by atoms with van der Waals surface area (Å²) in [5.74, 6) is 1.31. The van der Waals surface area contributed by atoms with E-state index in [1.54, 1.807) is 13.3 Å². The van der Waals surface area contributed by atoms with Crippen molar-refractivity contribution in [3.8, 4) is 0 Å². The lowest BCUT2D eigenvalue weighted by molar-refractivity contribution is 0.199. The normalized spacial score (nSPS) is 11.5. The molecule has 7 nitrogen and oxygen atoms in total. The first-order chi connectivity index (χ1) is 10.3. The fraction of sp³-hybridized carbons (Fsp3) is 0.357. The number of anilines is 1. The predicted molar refractivity (Wildman–Crippen MR) is 81.9 cm³/mol. The van der Waals surface area contributed by atoms with Gasteiger partial charge in [-0.1, -0.05) is 0 Å². The zero-order valence-electron chi connectivity index (χ0n) is 11.9. The van der Waals surface area contributed by atoms with Crippen molar-refractivity contribution in [1.29, 1.82) is 0 Å². The average Bonchev–Trinajstić information content (AvgIpc) is 2.85. The summed E-state index contributed by atoms with van der Waals surface area (Å²) in [4.78, 5) is 13.4. The second-order valence-corrected chi connectivity index (χ2v) is 4.78. The SMILES string of the molecule is COCCc1nc2c(N)nc3cccnc3c2n1CCN. The highest BCUT2D eigenvalue weighted by molar-refractivity contribution is 6.04. The number of ether oxygens (including phenoxy) is 1. The van der Waals surface area contributed by atoms with Crippen molar-refractivity contribution in [1.82, 2.24) is 19.5 Å². The minimum atomic E-state index is 0.417. The van der Waals surface area contributed by atoms with Gasteiger partial charge in [0.25, 0.3) is 0 Å². The van der Waals surface area contributed by atoms with Gasteiger partial charge in [-0.2, -0.15) is 0 Å². The molecular formula is C14H18N6O. The van der Waals surface area contributed by atoms with E-state index in [2.05, 4.69) is 19.5 Å². The van der Waals surface area contributed by atoms with E-state index < -0.39 is 0 Å². The van der Waals surface area contributed by atoms with Crippen molar-refractivity contribution in [2.24, 2.45) is 5.73 Å². The van der Waals surface area contributed by atoms with Gasteiger partial charge < -0.3 is 20.8 Å². The molecule has 21 heavy (non-hydrogen) atoms. The third-order valence-corrected chi connectivity index (χ3v) is 3.42. The van der Waals surface area contributed by atoms with Gasteiger partial charge in [0.2, 0.25) is 0 Å². The van der Waals surface area contributed by atoms with Crippen molar-refractivity contribution < 1.29 is 4.74 Å². The molecule has 0 bridgehead atoms. The van der Waals surface area contributed by atoms with Crippen LogP contribution in [0.5, 0.6) is 0 Å². The Morgan fingerprint density at radius 2 is 2.14 bits per heavy atom. The zero-order chi connectivity index (χ0) is 14.8. The molecule has 3 aromatic rings. The van der Waals surface area contributed by atoms with Gasteiger partial charge in [-0.05, 0) is 12.1 Å². The number of pyridine rings is 2. The summed E-state index contributed by atoms with van der Waals surface area (Å²) in [6.45, 7) is 1.76. The molecule has 0 aliphatic heterocycles. The number of fused-ring (bicyclic) bond motifs is 3. The van der Waals surface area contributed by atoms with E-state index in [1.165, 1.54) is 0 Å². The monoisotopic (exact) mass is 286 g/mol. The van der Waals surface area contributed by atoms with Crippen LogP contribution >= 0.6 is 0 Å². The Hall–Kier alpha value is -2.25. The van der Waals surface area contributed by atoms with Crippen molar-refractivity contribution in [3.63, 3.8) is 0 Å². The minimum Gasteiger partial charge on any atom is -0.384 e. The maximum atomic E-state index is 6.05. The fourth-order valence-corrected chi connectivity index (χ4v) is 2.52. The Morgan fingerprint density at radius 3 is 2.90 bits per heavy atom. The van der Waals surface area contributed by atoms with Gasteiger partial charge in [-0.3, -0.25) is 4.98 Å². The average molecular weight is 286 g/mol. The summed E-state index contributed by atoms with van der Waals surface area (Å²) >= 11 is 0. The molecule has 0 aromatic carbocycles. The first kappa shape index (κ1) is 13.7. The van der Waals surface area contributed by atoms with Crippen LogP contribution in [0.3, 0.4) is 0 Å². The quantitative estimate of drug-likeness (QED) is 0.715. The highest BCUT2D eigenvalue weighted by Crippen LogP contribution is 2.27. The smallest absolute Gasteiger partial charge is 0.152 e. The second kappa shape index (κ2) is 5.63. The van der Waals surface area contributed by atoms with Crippen molar-refractivity contribution in [3.05, 3.63) is 24.2 Å². The van der Waals surface area contributed by atoms with Crippen molar-refractivity contribution >= 4 is 27.9 Å². The molecule has 4 N–H and O–H groups in total. The Labute approximate surface area is 121 Å². The highest BCUT2D eigenvalue weighted by atomic mass is 16.5. The van der Waals surface area contributed by atoms with Gasteiger partial charge in [-0.15, -0.1) is 0 Å². The van der Waals surface area contributed by atoms with Crippen LogP contribution in [0.2, 0.25) is 0 Å². The Kier molecular flexibility index (Phi) is 3.68. The number of imidazole rings is 1. The lowest BCUT2D eigenvalue weighted by Crippen LogP contribution is -2.14. The van der Waals surface area contributed by atoms with E-state index in [0.717, 1.165) is 22.4 Å². The second-order valence-electron chi connectivity index (χ2n) is 4.78. The first-order valence-corrected chi connectivity index (χ1v) is 6.84. The van der Waals surface area contributed by atoms with E-state index in [0.29, 0.717) is 37.5 Å². The molecule has 0 amide bonds. The number of aromatic nitrogens is 4. The van der Waals surface area contributed by atoms with Crippen LogP contribution < -0.4 is 11.5 Å². The van der Waals surface area contributed by atoms with Crippen LogP contribution in [0.1, 0.15) is 5.82 Å². The first-order valence-electron chi connectivity index (χ1n) is 6.84. The molecule has 0 radical (unpaired) electrons. The van der Waals surface area contributed by atoms with Crippen molar-refractivity contribution in [2.45, 2.75) is 13.0 Å². The third-order valence-electron chi connectivity index (χ3n) is 3.42. The molecule has 110 valence electrons. The largest absolute Gasteiger partial charge is 0.384 e. The molecule has 3 rings (SSSR count). The molecule has 0 spiro atoms. The number of methoxy groups -OCH3 is 1. The molecule has 0 atom stereocenters. The molecular weight excluding hydrogens is 268 g/mol. The van der Waals surface area contributed by atoms with Crippen LogP contribution in [0.15, 0.2) is 18.3 Å². The van der Waals surface area contributed by atoms with E-state index in [4.69, 9.17) is 16.2 Å². The number of hydrogen-bond acceptors (Lipinski definition) is 6. The summed E-state index contributed by atoms with van der Waals surface area (Å²) in [6.07, 6.45) is 2.44. The summed E-state index contributed by atoms with van der Waals surface area (Å²) in [7, 11) is 1.67. The maximum Gasteiger partial charge on any atom is 0.152 e. The van der Waals surface area contributed by atoms with E-state index in [-0.39, 0.29) is 0 Å². The molecule has 3 aromatic heterocycles. The molecule has 0 unspecified atom stereocenters. The van der Waals surface area contributed by atoms with Crippen LogP contribution in [0.25, 0.3) is 22.1 Å². The number of hydrogen-bond donors (Lipinski definition) is 2. The Balaban J connectivity index is 2.32. The number of nitrogens with two attached hydrogens (primary N) is 2. The molecule has 0 aliphatic carbocycles. The number of nitrogen functional groups attached to an aromatic ring is 1. The van der Waals surface area contributed by atoms with Crippen LogP contribution in [0.4, 0.5) is 5.82 Å². The van der Waals surface area contributed by atoms with Crippen LogP contribution in [0, 0.1) is 0 Å². The van der Waals surface area contributed by atoms with Gasteiger partial charge in [0.1, 0.15) is 22.4 Å². The molecule has 0 saturated heterocycles. The van der Waals surface area contributed by atoms with E-state index in [9.17, 15) is 0 Å². The fourth-order valence-electron chi connectivity index (χ4n) is 2.52. The summed E-state index contributed by atoms with van der Waals surface area (Å²) in [6, 6.07) is 3.74. The van der Waals surface area contributed by atoms with Crippen molar-refractivity contribution in [2.75, 3.05) is 26.0 Å². The molecule has 0 saturated carbocycles. The topological polar surface area (TPSA) is 105 Å². The third kappa shape index (κ3) is 2.30. The Bertz CT molecular complexity index is 782. The minimum absolute atomic E-state index is 0.417. The number of rotatable bonds is 5. The summed E-state index contributed by atoms with van der Waals surface area (Å²) in [5, 5.41) is 0. The molecule has 3 heterocycles. The summed E-state index contributed by atoms with van der Waals surface area (Å²) < 4.78 is 7.22. The molecule has 0 aliphatic rings. The molecule has 7 heteroatoms. The van der Waals surface area contributed by atoms with Gasteiger partial charge in [0.15, 0.2) is 5.82 Å². The lowest BCUT2D eigenvalue weighted by atomic mass is 10.2. The van der Waals surface area contributed by atoms with E-state index >= 15 is 0 Å². The van der Waals surface area contributed by atoms with Crippen LogP contribution in [-0.4, -0.2) is 39.8 Å².